The first-order chi connectivity index (χ1) is 11.8. The van der Waals surface area contributed by atoms with Crippen molar-refractivity contribution in [3.63, 3.8) is 0 Å². The smallest absolute Gasteiger partial charge is 0.265 e. The van der Waals surface area contributed by atoms with Crippen molar-refractivity contribution in [1.29, 1.82) is 0 Å². The largest absolute Gasteiger partial charge is 0.279 e. The molecule has 0 radical (unpaired) electrons. The number of benzene rings is 2. The van der Waals surface area contributed by atoms with Crippen molar-refractivity contribution in [3.05, 3.63) is 70.5 Å². The quantitative estimate of drug-likeness (QED) is 0.741. The summed E-state index contributed by atoms with van der Waals surface area (Å²) in [6.45, 7) is 5.25. The maximum Gasteiger partial charge on any atom is 0.265 e. The summed E-state index contributed by atoms with van der Waals surface area (Å²) in [4.78, 5) is 0.177. The second-order valence-corrected chi connectivity index (χ2v) is 7.87. The Bertz CT molecular complexity index is 1030. The fraction of sp³-hybridized carbons (Fsp3) is 0.167. The van der Waals surface area contributed by atoms with Crippen LogP contribution < -0.4 is 4.72 Å². The van der Waals surface area contributed by atoms with E-state index in [9.17, 15) is 8.42 Å². The fourth-order valence-corrected chi connectivity index (χ4v) is 4.43. The van der Waals surface area contributed by atoms with Crippen molar-refractivity contribution in [2.24, 2.45) is 0 Å². The molecule has 2 aromatic carbocycles. The van der Waals surface area contributed by atoms with Crippen LogP contribution in [0.4, 0.5) is 5.69 Å². The molecule has 0 bridgehead atoms. The number of nitrogens with zero attached hydrogens (tertiary/aromatic N) is 2. The van der Waals surface area contributed by atoms with Gasteiger partial charge in [-0.25, -0.2) is 13.1 Å². The van der Waals surface area contributed by atoms with Crippen LogP contribution in [-0.2, 0) is 10.0 Å². The van der Waals surface area contributed by atoms with Crippen LogP contribution in [0.15, 0.2) is 53.4 Å². The van der Waals surface area contributed by atoms with E-state index in [1.54, 1.807) is 36.7 Å². The van der Waals surface area contributed by atoms with Crippen LogP contribution in [0.5, 0.6) is 0 Å². The third kappa shape index (κ3) is 3.41. The molecule has 0 aliphatic carbocycles. The molecule has 1 N–H and O–H groups in total. The van der Waals surface area contributed by atoms with E-state index < -0.39 is 10.0 Å². The van der Waals surface area contributed by atoms with E-state index in [1.807, 2.05) is 37.3 Å². The molecule has 1 heterocycles. The van der Waals surface area contributed by atoms with E-state index in [4.69, 9.17) is 11.6 Å². The van der Waals surface area contributed by atoms with E-state index in [2.05, 4.69) is 9.82 Å². The highest BCUT2D eigenvalue weighted by molar-refractivity contribution is 7.92. The molecule has 0 aliphatic heterocycles. The van der Waals surface area contributed by atoms with E-state index in [0.717, 1.165) is 11.3 Å². The topological polar surface area (TPSA) is 64.0 Å². The van der Waals surface area contributed by atoms with Gasteiger partial charge >= 0.3 is 0 Å². The van der Waals surface area contributed by atoms with Crippen LogP contribution in [0.25, 0.3) is 5.69 Å². The molecule has 0 saturated carbocycles. The predicted molar refractivity (Wildman–Crippen MR) is 100 cm³/mol. The number of rotatable bonds is 4. The lowest BCUT2D eigenvalue weighted by atomic mass is 10.2. The minimum Gasteiger partial charge on any atom is -0.279 e. The van der Waals surface area contributed by atoms with Gasteiger partial charge < -0.3 is 0 Å². The minimum atomic E-state index is -3.79. The Kier molecular flexibility index (Phi) is 4.58. The van der Waals surface area contributed by atoms with Gasteiger partial charge in [-0.2, -0.15) is 5.10 Å². The van der Waals surface area contributed by atoms with Gasteiger partial charge in [-0.05, 0) is 50.6 Å². The Hall–Kier alpha value is -2.31. The molecule has 130 valence electrons. The number of aromatic nitrogens is 2. The molecule has 1 aromatic heterocycles. The highest BCUT2D eigenvalue weighted by atomic mass is 35.5. The third-order valence-electron chi connectivity index (χ3n) is 3.94. The summed E-state index contributed by atoms with van der Waals surface area (Å²) in [5.41, 5.74) is 3.05. The van der Waals surface area contributed by atoms with Crippen molar-refractivity contribution in [2.75, 3.05) is 4.72 Å². The fourth-order valence-electron chi connectivity index (χ4n) is 2.74. The predicted octanol–water partition coefficient (Wildman–Crippen LogP) is 4.25. The van der Waals surface area contributed by atoms with E-state index >= 15 is 0 Å². The van der Waals surface area contributed by atoms with Crippen molar-refractivity contribution in [1.82, 2.24) is 9.78 Å². The van der Waals surface area contributed by atoms with Gasteiger partial charge in [-0.1, -0.05) is 35.9 Å². The normalized spacial score (nSPS) is 11.5. The Morgan fingerprint density at radius 3 is 2.40 bits per heavy atom. The summed E-state index contributed by atoms with van der Waals surface area (Å²) in [6, 6.07) is 14.5. The maximum atomic E-state index is 12.9. The zero-order valence-electron chi connectivity index (χ0n) is 14.1. The van der Waals surface area contributed by atoms with Crippen LogP contribution in [0.3, 0.4) is 0 Å². The molecular weight excluding hydrogens is 358 g/mol. The lowest BCUT2D eigenvalue weighted by Gasteiger charge is -2.11. The number of hydrogen-bond acceptors (Lipinski definition) is 3. The molecular formula is C18H18ClN3O2S. The van der Waals surface area contributed by atoms with Gasteiger partial charge in [0.2, 0.25) is 0 Å². The molecule has 3 aromatic rings. The molecule has 0 saturated heterocycles. The van der Waals surface area contributed by atoms with Crippen molar-refractivity contribution >= 4 is 27.3 Å². The Balaban J connectivity index is 2.06. The molecule has 5 nitrogen and oxygen atoms in total. The van der Waals surface area contributed by atoms with Gasteiger partial charge in [0.25, 0.3) is 10.0 Å². The highest BCUT2D eigenvalue weighted by Gasteiger charge is 2.25. The van der Waals surface area contributed by atoms with E-state index in [1.165, 1.54) is 0 Å². The molecule has 0 fully saturated rings. The Labute approximate surface area is 152 Å². The summed E-state index contributed by atoms with van der Waals surface area (Å²) < 4.78 is 30.1. The van der Waals surface area contributed by atoms with Gasteiger partial charge in [0.05, 0.1) is 22.8 Å². The number of sulfonamides is 1. The Morgan fingerprint density at radius 1 is 1.04 bits per heavy atom. The first-order valence-electron chi connectivity index (χ1n) is 7.70. The first-order valence-corrected chi connectivity index (χ1v) is 9.56. The number of anilines is 1. The number of aryl methyl sites for hydroxylation is 2. The average molecular weight is 376 g/mol. The SMILES string of the molecule is Cc1ccc(Cl)cc1NS(=O)(=O)c1c(C)nn(-c2ccccc2)c1C. The number of halogens is 1. The van der Waals surface area contributed by atoms with Gasteiger partial charge in [0, 0.05) is 5.02 Å². The maximum absolute atomic E-state index is 12.9. The lowest BCUT2D eigenvalue weighted by molar-refractivity contribution is 0.600. The van der Waals surface area contributed by atoms with Crippen LogP contribution in [0.2, 0.25) is 5.02 Å². The van der Waals surface area contributed by atoms with Crippen molar-refractivity contribution in [2.45, 2.75) is 25.7 Å². The molecule has 3 rings (SSSR count). The van der Waals surface area contributed by atoms with Gasteiger partial charge in [0.1, 0.15) is 4.90 Å². The molecule has 0 amide bonds. The third-order valence-corrected chi connectivity index (χ3v) is 5.79. The van der Waals surface area contributed by atoms with Crippen molar-refractivity contribution < 1.29 is 8.42 Å². The van der Waals surface area contributed by atoms with Crippen LogP contribution in [0, 0.1) is 20.8 Å². The second kappa shape index (κ2) is 6.54. The van der Waals surface area contributed by atoms with Crippen molar-refractivity contribution in [3.8, 4) is 5.69 Å². The zero-order valence-corrected chi connectivity index (χ0v) is 15.7. The Morgan fingerprint density at radius 2 is 1.72 bits per heavy atom. The molecule has 0 aliphatic rings. The van der Waals surface area contributed by atoms with Crippen LogP contribution in [-0.4, -0.2) is 18.2 Å². The van der Waals surface area contributed by atoms with Gasteiger partial charge in [-0.3, -0.25) is 4.72 Å². The number of nitrogens with one attached hydrogen (secondary N) is 1. The summed E-state index contributed by atoms with van der Waals surface area (Å²) >= 11 is 5.99. The molecule has 0 atom stereocenters. The van der Waals surface area contributed by atoms with Gasteiger partial charge in [0.15, 0.2) is 0 Å². The van der Waals surface area contributed by atoms with Crippen LogP contribution >= 0.6 is 11.6 Å². The van der Waals surface area contributed by atoms with Crippen LogP contribution in [0.1, 0.15) is 17.0 Å². The summed E-state index contributed by atoms with van der Waals surface area (Å²) in [5.74, 6) is 0. The summed E-state index contributed by atoms with van der Waals surface area (Å²) in [5, 5.41) is 4.87. The molecule has 7 heteroatoms. The summed E-state index contributed by atoms with van der Waals surface area (Å²) in [6.07, 6.45) is 0. The summed E-state index contributed by atoms with van der Waals surface area (Å²) in [7, 11) is -3.79. The van der Waals surface area contributed by atoms with E-state index in [0.29, 0.717) is 22.1 Å². The highest BCUT2D eigenvalue weighted by Crippen LogP contribution is 2.27. The average Bonchev–Trinajstić information content (AvgIpc) is 2.87. The van der Waals surface area contributed by atoms with Gasteiger partial charge in [-0.15, -0.1) is 0 Å². The molecule has 0 unspecified atom stereocenters. The molecule has 0 spiro atoms. The zero-order chi connectivity index (χ0) is 18.2. The standard InChI is InChI=1S/C18H18ClN3O2S/c1-12-9-10-15(19)11-17(12)21-25(23,24)18-13(2)20-22(14(18)3)16-7-5-4-6-8-16/h4-11,21H,1-3H3. The number of hydrogen-bond donors (Lipinski definition) is 1. The molecule has 25 heavy (non-hydrogen) atoms. The monoisotopic (exact) mass is 375 g/mol. The lowest BCUT2D eigenvalue weighted by Crippen LogP contribution is -2.15. The number of para-hydroxylation sites is 1. The minimum absolute atomic E-state index is 0.177. The van der Waals surface area contributed by atoms with E-state index in [-0.39, 0.29) is 4.90 Å². The second-order valence-electron chi connectivity index (χ2n) is 5.81. The first kappa shape index (κ1) is 17.5.